The number of hydrogen-bond acceptors (Lipinski definition) is 5. The smallest absolute Gasteiger partial charge is 0.263 e. The monoisotopic (exact) mass is 321 g/mol. The van der Waals surface area contributed by atoms with Crippen molar-refractivity contribution in [3.8, 4) is 0 Å². The van der Waals surface area contributed by atoms with Crippen molar-refractivity contribution < 1.29 is 18.4 Å². The maximum Gasteiger partial charge on any atom is 0.263 e. The second-order valence-corrected chi connectivity index (χ2v) is 6.40. The molecule has 2 fully saturated rings. The molecule has 1 unspecified atom stereocenters. The van der Waals surface area contributed by atoms with Crippen LogP contribution in [0.4, 0.5) is 14.7 Å². The highest BCUT2D eigenvalue weighted by atomic mass is 19.1. The second kappa shape index (κ2) is 5.56. The van der Waals surface area contributed by atoms with Crippen molar-refractivity contribution in [3.05, 3.63) is 41.3 Å². The number of benzene rings is 1. The number of aliphatic hydroxyl groups is 1. The Morgan fingerprint density at radius 2 is 2.04 bits per heavy atom. The Balaban J connectivity index is 1.59. The van der Waals surface area contributed by atoms with Crippen molar-refractivity contribution in [2.45, 2.75) is 43.7 Å². The molecule has 23 heavy (non-hydrogen) atoms. The highest BCUT2D eigenvalue weighted by Gasteiger charge is 2.37. The van der Waals surface area contributed by atoms with E-state index in [0.29, 0.717) is 36.2 Å². The lowest BCUT2D eigenvalue weighted by Gasteiger charge is -2.38. The molecule has 0 bridgehead atoms. The summed E-state index contributed by atoms with van der Waals surface area (Å²) >= 11 is 0. The van der Waals surface area contributed by atoms with Gasteiger partial charge in [-0.25, -0.2) is 8.78 Å². The summed E-state index contributed by atoms with van der Waals surface area (Å²) < 4.78 is 32.5. The quantitative estimate of drug-likeness (QED) is 0.885. The van der Waals surface area contributed by atoms with Crippen molar-refractivity contribution in [1.82, 2.24) is 10.1 Å². The number of nitrogens with zero attached hydrogens (tertiary/aromatic N) is 2. The molecule has 2 aromatic rings. The normalized spacial score (nSPS) is 25.0. The van der Waals surface area contributed by atoms with E-state index in [2.05, 4.69) is 15.5 Å². The fourth-order valence-electron chi connectivity index (χ4n) is 3.03. The van der Waals surface area contributed by atoms with Gasteiger partial charge in [-0.1, -0.05) is 6.07 Å². The summed E-state index contributed by atoms with van der Waals surface area (Å²) in [5.74, 6) is 0.0444. The average molecular weight is 321 g/mol. The number of hydrogen-bond donors (Lipinski definition) is 2. The summed E-state index contributed by atoms with van der Waals surface area (Å²) in [6.07, 6.45) is 2.84. The molecule has 0 amide bonds. The van der Waals surface area contributed by atoms with Crippen LogP contribution in [0.15, 0.2) is 22.7 Å². The van der Waals surface area contributed by atoms with E-state index in [1.54, 1.807) is 0 Å². The van der Waals surface area contributed by atoms with Gasteiger partial charge in [0, 0.05) is 17.5 Å². The Labute approximate surface area is 131 Å². The minimum absolute atomic E-state index is 0.0350. The largest absolute Gasteiger partial charge is 0.393 e. The van der Waals surface area contributed by atoms with Crippen LogP contribution in [0.5, 0.6) is 0 Å². The first-order valence-electron chi connectivity index (χ1n) is 7.83. The van der Waals surface area contributed by atoms with Crippen LogP contribution in [-0.2, 0) is 0 Å². The van der Waals surface area contributed by atoms with Gasteiger partial charge in [-0.3, -0.25) is 0 Å². The third kappa shape index (κ3) is 2.93. The molecule has 1 aromatic heterocycles. The first-order chi connectivity index (χ1) is 11.1. The number of aliphatic hydroxyl groups excluding tert-OH is 1. The summed E-state index contributed by atoms with van der Waals surface area (Å²) in [4.78, 5) is 4.30. The van der Waals surface area contributed by atoms with Gasteiger partial charge in [0.15, 0.2) is 0 Å². The maximum atomic E-state index is 14.2. The van der Waals surface area contributed by atoms with Gasteiger partial charge in [0.2, 0.25) is 5.89 Å². The third-order valence-corrected chi connectivity index (χ3v) is 4.57. The lowest BCUT2D eigenvalue weighted by molar-refractivity contribution is 0.0333. The molecule has 1 aromatic carbocycles. The van der Waals surface area contributed by atoms with Crippen LogP contribution in [-0.4, -0.2) is 21.4 Å². The number of anilines is 1. The topological polar surface area (TPSA) is 71.2 Å². The fourth-order valence-corrected chi connectivity index (χ4v) is 3.03. The van der Waals surface area contributed by atoms with Crippen LogP contribution in [0.2, 0.25) is 0 Å². The van der Waals surface area contributed by atoms with Crippen LogP contribution >= 0.6 is 0 Å². The van der Waals surface area contributed by atoms with Crippen molar-refractivity contribution >= 4 is 5.95 Å². The molecule has 1 heterocycles. The van der Waals surface area contributed by atoms with Crippen LogP contribution in [0.1, 0.15) is 49.1 Å². The van der Waals surface area contributed by atoms with E-state index >= 15 is 0 Å². The summed E-state index contributed by atoms with van der Waals surface area (Å²) in [6.45, 7) is 0. The Bertz CT molecular complexity index is 711. The summed E-state index contributed by atoms with van der Waals surface area (Å²) in [6, 6.07) is 3.09. The molecule has 7 heteroatoms. The molecule has 0 spiro atoms. The van der Waals surface area contributed by atoms with E-state index < -0.39 is 17.7 Å². The Hall–Kier alpha value is -2.02. The van der Waals surface area contributed by atoms with Crippen molar-refractivity contribution in [3.63, 3.8) is 0 Å². The van der Waals surface area contributed by atoms with Gasteiger partial charge >= 0.3 is 0 Å². The first kappa shape index (κ1) is 14.6. The zero-order valence-electron chi connectivity index (χ0n) is 12.4. The van der Waals surface area contributed by atoms with Crippen molar-refractivity contribution in [2.24, 2.45) is 5.92 Å². The summed E-state index contributed by atoms with van der Waals surface area (Å²) in [5, 5.41) is 16.5. The van der Waals surface area contributed by atoms with Crippen molar-refractivity contribution in [2.75, 3.05) is 5.32 Å². The van der Waals surface area contributed by atoms with Crippen LogP contribution < -0.4 is 5.32 Å². The molecule has 122 valence electrons. The average Bonchev–Trinajstić information content (AvgIpc) is 3.22. The minimum atomic E-state index is -0.616. The van der Waals surface area contributed by atoms with E-state index in [1.807, 2.05) is 0 Å². The number of nitrogens with one attached hydrogen (secondary N) is 1. The third-order valence-electron chi connectivity index (χ3n) is 4.57. The minimum Gasteiger partial charge on any atom is -0.393 e. The van der Waals surface area contributed by atoms with Crippen molar-refractivity contribution in [1.29, 1.82) is 0 Å². The van der Waals surface area contributed by atoms with Crippen LogP contribution in [0.25, 0.3) is 0 Å². The fraction of sp³-hybridized carbons (Fsp3) is 0.500. The molecule has 0 saturated heterocycles. The molecule has 0 aliphatic heterocycles. The molecular weight excluding hydrogens is 304 g/mol. The van der Waals surface area contributed by atoms with E-state index in [4.69, 9.17) is 4.52 Å². The molecule has 0 radical (unpaired) electrons. The van der Waals surface area contributed by atoms with Crippen LogP contribution in [0, 0.1) is 17.6 Å². The maximum absolute atomic E-state index is 14.2. The lowest BCUT2D eigenvalue weighted by Crippen LogP contribution is -2.36. The zero-order valence-corrected chi connectivity index (χ0v) is 12.4. The molecule has 2 N–H and O–H groups in total. The molecule has 2 aliphatic rings. The van der Waals surface area contributed by atoms with Gasteiger partial charge < -0.3 is 14.9 Å². The van der Waals surface area contributed by atoms with E-state index in [-0.39, 0.29) is 12.0 Å². The van der Waals surface area contributed by atoms with Gasteiger partial charge in [-0.15, -0.1) is 0 Å². The highest BCUT2D eigenvalue weighted by molar-refractivity contribution is 5.34. The summed E-state index contributed by atoms with van der Waals surface area (Å²) in [5.41, 5.74) is 0.348. The standard InChI is InChI=1S/C16H17F2N3O2/c17-10-3-4-12(13(18)7-10)14(9-5-11(22)6-9)19-16-20-15(23-21-16)8-1-2-8/h3-4,7-9,11,14,22H,1-2,5-6H2,(H,19,21). The molecule has 4 rings (SSSR count). The van der Waals surface area contributed by atoms with E-state index in [9.17, 15) is 13.9 Å². The zero-order chi connectivity index (χ0) is 16.0. The van der Waals surface area contributed by atoms with Gasteiger partial charge in [0.1, 0.15) is 11.6 Å². The number of halogens is 2. The van der Waals surface area contributed by atoms with Crippen LogP contribution in [0.3, 0.4) is 0 Å². The molecule has 5 nitrogen and oxygen atoms in total. The van der Waals surface area contributed by atoms with E-state index in [0.717, 1.165) is 18.9 Å². The molecular formula is C16H17F2N3O2. The van der Waals surface area contributed by atoms with Gasteiger partial charge in [-0.05, 0) is 42.8 Å². The number of rotatable bonds is 5. The first-order valence-corrected chi connectivity index (χ1v) is 7.83. The predicted molar refractivity (Wildman–Crippen MR) is 77.7 cm³/mol. The number of aromatic nitrogens is 2. The molecule has 2 aliphatic carbocycles. The predicted octanol–water partition coefficient (Wildman–Crippen LogP) is 3.15. The molecule has 2 saturated carbocycles. The van der Waals surface area contributed by atoms with Gasteiger partial charge in [0.05, 0.1) is 12.1 Å². The Kier molecular flexibility index (Phi) is 3.52. The highest BCUT2D eigenvalue weighted by Crippen LogP contribution is 2.42. The lowest BCUT2D eigenvalue weighted by atomic mass is 9.75. The van der Waals surface area contributed by atoms with Gasteiger partial charge in [-0.2, -0.15) is 4.98 Å². The SMILES string of the molecule is OC1CC(C(Nc2noc(C3CC3)n2)c2ccc(F)cc2F)C1. The summed E-state index contributed by atoms with van der Waals surface area (Å²) in [7, 11) is 0. The second-order valence-electron chi connectivity index (χ2n) is 6.40. The molecule has 1 atom stereocenters. The Morgan fingerprint density at radius 1 is 1.26 bits per heavy atom. The van der Waals surface area contributed by atoms with E-state index in [1.165, 1.54) is 12.1 Å². The Morgan fingerprint density at radius 3 is 2.70 bits per heavy atom. The van der Waals surface area contributed by atoms with Gasteiger partial charge in [0.25, 0.3) is 5.95 Å².